The Bertz CT molecular complexity index is 574. The number of carboxylic acid groups (broad SMARTS) is 1. The van der Waals surface area contributed by atoms with E-state index in [1.54, 1.807) is 0 Å². The minimum Gasteiger partial charge on any atom is -0.480 e. The molecular weight excluding hydrogens is 228 g/mol. The maximum Gasteiger partial charge on any atom is 0.321 e. The number of carboxylic acids is 1. The number of hydrogen-bond donors (Lipinski definition) is 3. The number of aliphatic carboxylic acids is 1. The minimum absolute atomic E-state index is 0.169. The maximum atomic E-state index is 11.1. The average molecular weight is 246 g/mol. The third kappa shape index (κ3) is 1.99. The van der Waals surface area contributed by atoms with Gasteiger partial charge in [0.05, 0.1) is 0 Å². The number of nitrogens with two attached hydrogens (primary N) is 1. The van der Waals surface area contributed by atoms with Crippen LogP contribution in [0.5, 0.6) is 0 Å². The predicted molar refractivity (Wildman–Crippen MR) is 71.7 cm³/mol. The number of benzene rings is 1. The fourth-order valence-electron chi connectivity index (χ4n) is 2.53. The van der Waals surface area contributed by atoms with Crippen LogP contribution >= 0.6 is 0 Å². The molecule has 0 bridgehead atoms. The van der Waals surface area contributed by atoms with Crippen LogP contribution in [0.2, 0.25) is 0 Å². The van der Waals surface area contributed by atoms with E-state index in [1.165, 1.54) is 0 Å². The molecular formula is C14H18N2O2. The summed E-state index contributed by atoms with van der Waals surface area (Å²) in [4.78, 5) is 14.3. The van der Waals surface area contributed by atoms with E-state index in [9.17, 15) is 4.79 Å². The lowest BCUT2D eigenvalue weighted by molar-refractivity contribution is -0.139. The van der Waals surface area contributed by atoms with Crippen molar-refractivity contribution >= 4 is 16.9 Å². The summed E-state index contributed by atoms with van der Waals surface area (Å²) in [5.74, 6) is -1.12. The third-order valence-electron chi connectivity index (χ3n) is 3.50. The van der Waals surface area contributed by atoms with Crippen LogP contribution in [0.25, 0.3) is 10.9 Å². The van der Waals surface area contributed by atoms with Crippen LogP contribution in [0.3, 0.4) is 0 Å². The molecule has 0 saturated heterocycles. The van der Waals surface area contributed by atoms with Crippen LogP contribution < -0.4 is 5.73 Å². The van der Waals surface area contributed by atoms with E-state index >= 15 is 0 Å². The summed E-state index contributed by atoms with van der Waals surface area (Å²) in [5.41, 5.74) is 8.96. The van der Waals surface area contributed by atoms with Gasteiger partial charge in [-0.1, -0.05) is 19.1 Å². The first kappa shape index (κ1) is 12.6. The van der Waals surface area contributed by atoms with E-state index < -0.39 is 12.0 Å². The summed E-state index contributed by atoms with van der Waals surface area (Å²) in [6, 6.07) is 5.13. The number of H-pyrrole nitrogens is 1. The zero-order chi connectivity index (χ0) is 13.3. The molecule has 0 amide bonds. The summed E-state index contributed by atoms with van der Waals surface area (Å²) in [7, 11) is 0. The number of rotatable bonds is 4. The van der Waals surface area contributed by atoms with E-state index in [1.807, 2.05) is 38.2 Å². The molecule has 1 aromatic heterocycles. The van der Waals surface area contributed by atoms with Crippen molar-refractivity contribution in [3.8, 4) is 0 Å². The van der Waals surface area contributed by atoms with Crippen molar-refractivity contribution in [3.05, 3.63) is 35.5 Å². The quantitative estimate of drug-likeness (QED) is 0.775. The van der Waals surface area contributed by atoms with Crippen molar-refractivity contribution in [2.24, 2.45) is 5.73 Å². The molecule has 1 unspecified atom stereocenters. The molecule has 4 nitrogen and oxygen atoms in total. The van der Waals surface area contributed by atoms with Gasteiger partial charge in [0, 0.05) is 23.0 Å². The Morgan fingerprint density at radius 2 is 2.22 bits per heavy atom. The molecule has 0 fully saturated rings. The number of aromatic amines is 1. The minimum atomic E-state index is -0.954. The van der Waals surface area contributed by atoms with Crippen LogP contribution in [0.4, 0.5) is 0 Å². The number of fused-ring (bicyclic) bond motifs is 1. The highest BCUT2D eigenvalue weighted by Gasteiger charge is 2.26. The van der Waals surface area contributed by atoms with Gasteiger partial charge in [-0.3, -0.25) is 4.79 Å². The van der Waals surface area contributed by atoms with Gasteiger partial charge in [-0.25, -0.2) is 0 Å². The third-order valence-corrected chi connectivity index (χ3v) is 3.50. The smallest absolute Gasteiger partial charge is 0.321 e. The van der Waals surface area contributed by atoms with E-state index in [-0.39, 0.29) is 5.92 Å². The molecule has 2 aromatic rings. The molecule has 0 radical (unpaired) electrons. The van der Waals surface area contributed by atoms with E-state index in [2.05, 4.69) is 4.98 Å². The highest BCUT2D eigenvalue weighted by Crippen LogP contribution is 2.31. The van der Waals surface area contributed by atoms with Gasteiger partial charge < -0.3 is 15.8 Å². The zero-order valence-electron chi connectivity index (χ0n) is 10.6. The SMILES string of the molecule is CCC(c1c[nH]c2cccc(C)c12)[C@H](N)C(=O)O. The summed E-state index contributed by atoms with van der Waals surface area (Å²) in [5, 5.41) is 10.2. The molecule has 0 aliphatic carbocycles. The fraction of sp³-hybridized carbons (Fsp3) is 0.357. The number of carbonyl (C=O) groups is 1. The van der Waals surface area contributed by atoms with E-state index in [0.717, 1.165) is 22.0 Å². The van der Waals surface area contributed by atoms with Crippen LogP contribution in [-0.4, -0.2) is 22.1 Å². The molecule has 2 atom stereocenters. The summed E-state index contributed by atoms with van der Waals surface area (Å²) < 4.78 is 0. The first-order valence-electron chi connectivity index (χ1n) is 6.11. The van der Waals surface area contributed by atoms with Crippen molar-refractivity contribution in [3.63, 3.8) is 0 Å². The summed E-state index contributed by atoms with van der Waals surface area (Å²) in [6.07, 6.45) is 2.59. The molecule has 1 aromatic carbocycles. The highest BCUT2D eigenvalue weighted by molar-refractivity contribution is 5.88. The average Bonchev–Trinajstić information content (AvgIpc) is 2.75. The van der Waals surface area contributed by atoms with Gasteiger partial charge in [0.2, 0.25) is 0 Å². The number of aryl methyl sites for hydroxylation is 1. The Balaban J connectivity index is 2.55. The fourth-order valence-corrected chi connectivity index (χ4v) is 2.53. The zero-order valence-corrected chi connectivity index (χ0v) is 10.6. The lowest BCUT2D eigenvalue weighted by Crippen LogP contribution is -2.36. The molecule has 0 aliphatic heterocycles. The van der Waals surface area contributed by atoms with Gasteiger partial charge in [0.1, 0.15) is 6.04 Å². The summed E-state index contributed by atoms with van der Waals surface area (Å²) >= 11 is 0. The molecule has 4 heteroatoms. The lowest BCUT2D eigenvalue weighted by atomic mass is 9.88. The highest BCUT2D eigenvalue weighted by atomic mass is 16.4. The van der Waals surface area contributed by atoms with Crippen LogP contribution in [0, 0.1) is 6.92 Å². The molecule has 18 heavy (non-hydrogen) atoms. The maximum absolute atomic E-state index is 11.1. The van der Waals surface area contributed by atoms with Crippen LogP contribution in [-0.2, 0) is 4.79 Å². The largest absolute Gasteiger partial charge is 0.480 e. The van der Waals surface area contributed by atoms with Gasteiger partial charge in [-0.05, 0) is 30.5 Å². The van der Waals surface area contributed by atoms with Gasteiger partial charge in [0.25, 0.3) is 0 Å². The van der Waals surface area contributed by atoms with Crippen molar-refractivity contribution in [2.45, 2.75) is 32.2 Å². The first-order valence-corrected chi connectivity index (χ1v) is 6.11. The lowest BCUT2D eigenvalue weighted by Gasteiger charge is -2.19. The molecule has 0 saturated carbocycles. The van der Waals surface area contributed by atoms with Crippen LogP contribution in [0.1, 0.15) is 30.4 Å². The number of nitrogens with one attached hydrogen (secondary N) is 1. The predicted octanol–water partition coefficient (Wildman–Crippen LogP) is 2.38. The first-order chi connectivity index (χ1) is 8.56. The molecule has 1 heterocycles. The monoisotopic (exact) mass is 246 g/mol. The standard InChI is InChI=1S/C14H18N2O2/c1-3-9(13(15)14(17)18)10-7-16-11-6-4-5-8(2)12(10)11/h4-7,9,13,16H,3,15H2,1-2H3,(H,17,18)/t9?,13-/m0/s1. The van der Waals surface area contributed by atoms with E-state index in [0.29, 0.717) is 6.42 Å². The normalized spacial score (nSPS) is 14.6. The molecule has 0 spiro atoms. The molecule has 2 rings (SSSR count). The molecule has 0 aliphatic rings. The van der Waals surface area contributed by atoms with E-state index in [4.69, 9.17) is 10.8 Å². The van der Waals surface area contributed by atoms with Gasteiger partial charge in [-0.2, -0.15) is 0 Å². The Labute approximate surface area is 106 Å². The summed E-state index contributed by atoms with van der Waals surface area (Å²) in [6.45, 7) is 3.99. The van der Waals surface area contributed by atoms with Crippen molar-refractivity contribution in [1.29, 1.82) is 0 Å². The van der Waals surface area contributed by atoms with Crippen molar-refractivity contribution < 1.29 is 9.90 Å². The Morgan fingerprint density at radius 1 is 1.50 bits per heavy atom. The Hall–Kier alpha value is -1.81. The van der Waals surface area contributed by atoms with Crippen LogP contribution in [0.15, 0.2) is 24.4 Å². The topological polar surface area (TPSA) is 79.1 Å². The van der Waals surface area contributed by atoms with Gasteiger partial charge in [-0.15, -0.1) is 0 Å². The Kier molecular flexibility index (Phi) is 3.39. The number of hydrogen-bond acceptors (Lipinski definition) is 2. The second kappa shape index (κ2) is 4.82. The molecule has 96 valence electrons. The van der Waals surface area contributed by atoms with Gasteiger partial charge >= 0.3 is 5.97 Å². The number of aromatic nitrogens is 1. The Morgan fingerprint density at radius 3 is 2.83 bits per heavy atom. The molecule has 4 N–H and O–H groups in total. The van der Waals surface area contributed by atoms with Gasteiger partial charge in [0.15, 0.2) is 0 Å². The van der Waals surface area contributed by atoms with Crippen molar-refractivity contribution in [2.75, 3.05) is 0 Å². The second-order valence-electron chi connectivity index (χ2n) is 4.62. The second-order valence-corrected chi connectivity index (χ2v) is 4.62. The van der Waals surface area contributed by atoms with Crippen molar-refractivity contribution in [1.82, 2.24) is 4.98 Å².